The van der Waals surface area contributed by atoms with E-state index in [2.05, 4.69) is 52.5 Å². The van der Waals surface area contributed by atoms with Gasteiger partial charge in [-0.15, -0.1) is 0 Å². The SMILES string of the molecule is CCCC[C@H](NC(C)=O)C(=O)N[C@H]1CC(=O)NCCCC[C@@H](C(N)=O)NC(=O)[C@@H](Cc2c[nH]c3ccccc23)NC(=O)[C@H](CCCN=C(N)N)NC(=O)[C@@H](Cc2ccc3ccccc3c2)NC(=O)CCNC1=O. The van der Waals surface area contributed by atoms with Crippen LogP contribution in [0.3, 0.4) is 0 Å². The second-order valence-electron chi connectivity index (χ2n) is 18.2. The van der Waals surface area contributed by atoms with Gasteiger partial charge in [0, 0.05) is 62.9 Å². The van der Waals surface area contributed by atoms with Gasteiger partial charge in [0.25, 0.3) is 0 Å². The first-order valence-electron chi connectivity index (χ1n) is 24.7. The lowest BCUT2D eigenvalue weighted by molar-refractivity contribution is -0.134. The summed E-state index contributed by atoms with van der Waals surface area (Å²) in [6, 6.07) is 13.0. The summed E-state index contributed by atoms with van der Waals surface area (Å²) in [4.78, 5) is 130. The maximum Gasteiger partial charge on any atom is 0.243 e. The number of fused-ring (bicyclic) bond motifs is 2. The van der Waals surface area contributed by atoms with Crippen LogP contribution < -0.4 is 59.7 Å². The fourth-order valence-corrected chi connectivity index (χ4v) is 8.47. The maximum absolute atomic E-state index is 14.5. The third-order valence-corrected chi connectivity index (χ3v) is 12.3. The first-order valence-corrected chi connectivity index (χ1v) is 24.7. The van der Waals surface area contributed by atoms with E-state index in [0.29, 0.717) is 24.0 Å². The van der Waals surface area contributed by atoms with Crippen molar-refractivity contribution in [1.82, 2.24) is 47.5 Å². The molecule has 0 bridgehead atoms. The number of guanidine groups is 1. The van der Waals surface area contributed by atoms with Gasteiger partial charge in [-0.05, 0) is 66.5 Å². The molecule has 4 aromatic rings. The molecule has 73 heavy (non-hydrogen) atoms. The van der Waals surface area contributed by atoms with Crippen LogP contribution >= 0.6 is 0 Å². The molecule has 0 unspecified atom stereocenters. The van der Waals surface area contributed by atoms with E-state index in [1.165, 1.54) is 6.92 Å². The number of nitrogens with zero attached hydrogens (tertiary/aromatic N) is 1. The number of nitrogens with two attached hydrogens (primary N) is 3. The van der Waals surface area contributed by atoms with Gasteiger partial charge in [0.15, 0.2) is 5.96 Å². The molecule has 0 radical (unpaired) electrons. The first-order chi connectivity index (χ1) is 35.0. The molecule has 1 aromatic heterocycles. The molecule has 3 aromatic carbocycles. The number of para-hydroxylation sites is 1. The number of hydrogen-bond acceptors (Lipinski definition) is 10. The highest BCUT2D eigenvalue weighted by molar-refractivity contribution is 5.97. The Kier molecular flexibility index (Phi) is 21.5. The Morgan fingerprint density at radius 1 is 0.740 bits per heavy atom. The van der Waals surface area contributed by atoms with E-state index in [1.807, 2.05) is 73.7 Å². The number of aliphatic imine (C=N–C) groups is 1. The predicted molar refractivity (Wildman–Crippen MR) is 275 cm³/mol. The Labute approximate surface area is 423 Å². The molecule has 1 saturated heterocycles. The van der Waals surface area contributed by atoms with Gasteiger partial charge in [0.1, 0.15) is 36.3 Å². The minimum absolute atomic E-state index is 0.0131. The lowest BCUT2D eigenvalue weighted by Crippen LogP contribution is -2.59. The summed E-state index contributed by atoms with van der Waals surface area (Å²) in [5.74, 6) is -6.47. The molecule has 22 nitrogen and oxygen atoms in total. The van der Waals surface area contributed by atoms with Crippen LogP contribution in [0.1, 0.15) is 89.2 Å². The molecular formula is C51H69N13O9. The average Bonchev–Trinajstić information content (AvgIpc) is 3.76. The summed E-state index contributed by atoms with van der Waals surface area (Å²) in [5.41, 5.74) is 19.1. The zero-order chi connectivity index (χ0) is 52.9. The molecule has 15 N–H and O–H groups in total. The van der Waals surface area contributed by atoms with E-state index in [1.54, 1.807) is 6.20 Å². The number of aromatic amines is 1. The average molecular weight is 1010 g/mol. The fourth-order valence-electron chi connectivity index (χ4n) is 8.47. The zero-order valence-electron chi connectivity index (χ0n) is 41.4. The van der Waals surface area contributed by atoms with E-state index in [-0.39, 0.29) is 77.0 Å². The van der Waals surface area contributed by atoms with E-state index in [0.717, 1.165) is 28.1 Å². The highest BCUT2D eigenvalue weighted by Crippen LogP contribution is 2.21. The number of nitrogens with one attached hydrogen (secondary N) is 9. The normalized spacial score (nSPS) is 20.7. The molecule has 1 fully saturated rings. The molecule has 22 heteroatoms. The van der Waals surface area contributed by atoms with Gasteiger partial charge >= 0.3 is 0 Å². The van der Waals surface area contributed by atoms with E-state index >= 15 is 0 Å². The zero-order valence-corrected chi connectivity index (χ0v) is 41.4. The second-order valence-corrected chi connectivity index (χ2v) is 18.2. The Morgan fingerprint density at radius 2 is 1.44 bits per heavy atom. The highest BCUT2D eigenvalue weighted by atomic mass is 16.2. The quantitative estimate of drug-likeness (QED) is 0.0426. The molecule has 5 rings (SSSR count). The van der Waals surface area contributed by atoms with E-state index < -0.39 is 95.8 Å². The number of amides is 9. The fraction of sp³-hybridized carbons (Fsp3) is 0.451. The molecule has 0 spiro atoms. The molecule has 6 atom stereocenters. The standard InChI is InChI=1S/C51H69N13O9/c1-3-4-15-38(59-30(2)65)47(70)64-42-28-44(67)55-22-10-9-17-37(45(52)68)61-50(73)41(27-34-29-58-36-16-8-7-14-35(34)36)63-48(71)39(18-11-23-57-51(53)54)62-49(72)40(60-43(66)21-24-56-46(42)69)26-31-19-20-32-12-5-6-13-33(32)25-31/h5-8,12-14,16,19-20,25,29,37-42,58H,3-4,9-11,15,17-18,21-24,26-28H2,1-2H3,(H2,52,68)(H,55,67)(H,56,69)(H,59,65)(H,60,66)(H,61,73)(H,62,72)(H,63,71)(H,64,70)(H4,53,54,57)/t37-,38-,39-,40+,41+,42-/m0/s1. The summed E-state index contributed by atoms with van der Waals surface area (Å²) in [6.07, 6.45) is 3.21. The van der Waals surface area contributed by atoms with Gasteiger partial charge in [-0.25, -0.2) is 0 Å². The van der Waals surface area contributed by atoms with Crippen molar-refractivity contribution in [2.45, 2.75) is 127 Å². The van der Waals surface area contributed by atoms with Crippen LogP contribution in [0.15, 0.2) is 77.9 Å². The van der Waals surface area contributed by atoms with Crippen LogP contribution in [0.25, 0.3) is 21.7 Å². The number of aromatic nitrogens is 1. The van der Waals surface area contributed by atoms with Crippen molar-refractivity contribution in [1.29, 1.82) is 0 Å². The monoisotopic (exact) mass is 1010 g/mol. The van der Waals surface area contributed by atoms with Crippen LogP contribution in [0.5, 0.6) is 0 Å². The largest absolute Gasteiger partial charge is 0.370 e. The third kappa shape index (κ3) is 17.9. The molecule has 1 aliphatic heterocycles. The van der Waals surface area contributed by atoms with Crippen molar-refractivity contribution < 1.29 is 43.2 Å². The Hall–Kier alpha value is -8.04. The van der Waals surface area contributed by atoms with Crippen LogP contribution in [-0.2, 0) is 56.0 Å². The van der Waals surface area contributed by atoms with Crippen molar-refractivity contribution in [3.8, 4) is 0 Å². The predicted octanol–water partition coefficient (Wildman–Crippen LogP) is -0.0394. The highest BCUT2D eigenvalue weighted by Gasteiger charge is 2.33. The van der Waals surface area contributed by atoms with Gasteiger partial charge in [-0.1, -0.05) is 80.4 Å². The number of rotatable bonds is 15. The molecule has 9 amide bonds. The molecule has 2 heterocycles. The summed E-state index contributed by atoms with van der Waals surface area (Å²) in [5, 5.41) is 24.1. The lowest BCUT2D eigenvalue weighted by Gasteiger charge is -2.26. The Bertz CT molecular complexity index is 2630. The lowest BCUT2D eigenvalue weighted by atomic mass is 10.00. The van der Waals surface area contributed by atoms with Crippen LogP contribution in [0.2, 0.25) is 0 Å². The number of hydrogen-bond donors (Lipinski definition) is 12. The summed E-state index contributed by atoms with van der Waals surface area (Å²) in [7, 11) is 0. The van der Waals surface area contributed by atoms with Crippen molar-refractivity contribution in [2.75, 3.05) is 19.6 Å². The first kappa shape index (κ1) is 55.9. The van der Waals surface area contributed by atoms with Gasteiger partial charge in [0.05, 0.1) is 6.42 Å². The Balaban J connectivity index is 1.48. The smallest absolute Gasteiger partial charge is 0.243 e. The number of primary amides is 1. The van der Waals surface area contributed by atoms with Crippen LogP contribution in [0.4, 0.5) is 0 Å². The Morgan fingerprint density at radius 3 is 2.18 bits per heavy atom. The van der Waals surface area contributed by atoms with E-state index in [9.17, 15) is 43.2 Å². The molecule has 0 aliphatic carbocycles. The minimum Gasteiger partial charge on any atom is -0.370 e. The van der Waals surface area contributed by atoms with Crippen molar-refractivity contribution in [2.24, 2.45) is 22.2 Å². The third-order valence-electron chi connectivity index (χ3n) is 12.3. The van der Waals surface area contributed by atoms with Gasteiger partial charge in [-0.2, -0.15) is 0 Å². The number of benzene rings is 3. The molecule has 392 valence electrons. The van der Waals surface area contributed by atoms with Gasteiger partial charge in [-0.3, -0.25) is 48.1 Å². The molecule has 0 saturated carbocycles. The molecule has 1 aliphatic rings. The van der Waals surface area contributed by atoms with Crippen molar-refractivity contribution in [3.63, 3.8) is 0 Å². The van der Waals surface area contributed by atoms with Crippen molar-refractivity contribution >= 4 is 80.8 Å². The maximum atomic E-state index is 14.5. The van der Waals surface area contributed by atoms with E-state index in [4.69, 9.17) is 17.2 Å². The van der Waals surface area contributed by atoms with Gasteiger partial charge < -0.3 is 64.7 Å². The number of carbonyl (C=O) groups excluding carboxylic acids is 9. The topological polar surface area (TPSA) is 356 Å². The van der Waals surface area contributed by atoms with Gasteiger partial charge in [0.2, 0.25) is 53.2 Å². The van der Waals surface area contributed by atoms with Crippen molar-refractivity contribution in [3.05, 3.63) is 84.1 Å². The summed E-state index contributed by atoms with van der Waals surface area (Å²) in [6.45, 7) is 3.07. The summed E-state index contributed by atoms with van der Waals surface area (Å²) >= 11 is 0. The molecular weight excluding hydrogens is 939 g/mol. The summed E-state index contributed by atoms with van der Waals surface area (Å²) < 4.78 is 0. The number of H-pyrrole nitrogens is 1. The number of unbranched alkanes of at least 4 members (excludes halogenated alkanes) is 1. The second kappa shape index (κ2) is 28.1. The van der Waals surface area contributed by atoms with Crippen LogP contribution in [0, 0.1) is 0 Å². The van der Waals surface area contributed by atoms with Crippen LogP contribution in [-0.4, -0.2) is 120 Å². The minimum atomic E-state index is -1.42. The number of carbonyl (C=O) groups is 9.